The highest BCUT2D eigenvalue weighted by molar-refractivity contribution is 5.83. The number of rotatable bonds is 6. The summed E-state index contributed by atoms with van der Waals surface area (Å²) in [5.41, 5.74) is 3.59. The lowest BCUT2D eigenvalue weighted by Crippen LogP contribution is -2.52. The molecule has 1 aliphatic heterocycles. The zero-order chi connectivity index (χ0) is 25.4. The Morgan fingerprint density at radius 1 is 1.06 bits per heavy atom. The second-order valence-corrected chi connectivity index (χ2v) is 11.5. The van der Waals surface area contributed by atoms with Crippen LogP contribution in [0.4, 0.5) is 0 Å². The molecule has 1 unspecified atom stereocenters. The molecule has 0 amide bonds. The van der Waals surface area contributed by atoms with E-state index in [9.17, 15) is 4.79 Å². The van der Waals surface area contributed by atoms with E-state index in [0.29, 0.717) is 6.04 Å². The second kappa shape index (κ2) is 10.1. The number of piperazine rings is 1. The van der Waals surface area contributed by atoms with Crippen LogP contribution < -0.4 is 5.56 Å². The van der Waals surface area contributed by atoms with Crippen molar-refractivity contribution in [1.29, 1.82) is 0 Å². The van der Waals surface area contributed by atoms with Crippen molar-refractivity contribution in [3.63, 3.8) is 0 Å². The molecule has 1 atom stereocenters. The molecule has 0 radical (unpaired) electrons. The number of pyridine rings is 1. The number of aromatic nitrogens is 5. The van der Waals surface area contributed by atoms with Crippen molar-refractivity contribution < 1.29 is 0 Å². The molecule has 2 fully saturated rings. The third-order valence-electron chi connectivity index (χ3n) is 8.60. The molecule has 8 nitrogen and oxygen atoms in total. The molecule has 3 aromatic rings. The van der Waals surface area contributed by atoms with E-state index in [4.69, 9.17) is 0 Å². The van der Waals surface area contributed by atoms with Gasteiger partial charge in [-0.15, -0.1) is 5.10 Å². The van der Waals surface area contributed by atoms with Crippen LogP contribution in [0.3, 0.4) is 0 Å². The normalized spacial score (nSPS) is 19.7. The Hall–Kier alpha value is -2.58. The fourth-order valence-electron chi connectivity index (χ4n) is 6.16. The predicted octanol–water partition coefficient (Wildman–Crippen LogP) is 4.32. The van der Waals surface area contributed by atoms with Gasteiger partial charge in [0.25, 0.3) is 5.56 Å². The van der Waals surface area contributed by atoms with Crippen molar-refractivity contribution in [3.8, 4) is 0 Å². The summed E-state index contributed by atoms with van der Waals surface area (Å²) in [7, 11) is 0. The fourth-order valence-corrected chi connectivity index (χ4v) is 6.16. The van der Waals surface area contributed by atoms with Crippen LogP contribution in [-0.4, -0.2) is 67.2 Å². The number of hydrogen-bond donors (Lipinski definition) is 1. The van der Waals surface area contributed by atoms with Crippen LogP contribution in [0, 0.1) is 13.8 Å². The summed E-state index contributed by atoms with van der Waals surface area (Å²) in [5, 5.41) is 14.1. The molecule has 1 saturated heterocycles. The first-order valence-electron chi connectivity index (χ1n) is 13.7. The largest absolute Gasteiger partial charge is 0.321 e. The van der Waals surface area contributed by atoms with Crippen LogP contribution in [0.1, 0.15) is 87.9 Å². The molecule has 0 spiro atoms. The molecular formula is C28H41N7O. The monoisotopic (exact) mass is 491 g/mol. The quantitative estimate of drug-likeness (QED) is 0.553. The molecule has 2 aliphatic rings. The average molecular weight is 492 g/mol. The maximum atomic E-state index is 13.6. The number of H-pyrrole nitrogens is 1. The van der Waals surface area contributed by atoms with Gasteiger partial charge >= 0.3 is 0 Å². The summed E-state index contributed by atoms with van der Waals surface area (Å²) in [6.45, 7) is 14.4. The minimum Gasteiger partial charge on any atom is -0.321 e. The maximum absolute atomic E-state index is 13.6. The SMILES string of the molecule is CCC(C)(C)n1nnnc1C(c1cc2cc(C)cc(C)c2[nH]c1=O)N1CCN(C2CCCCC2)CC1. The molecule has 8 heteroatoms. The van der Waals surface area contributed by atoms with Crippen molar-refractivity contribution in [2.75, 3.05) is 26.2 Å². The molecule has 1 N–H and O–H groups in total. The third kappa shape index (κ3) is 4.73. The van der Waals surface area contributed by atoms with E-state index in [1.165, 1.54) is 37.7 Å². The Balaban J connectivity index is 1.56. The number of nitrogens with zero attached hydrogens (tertiary/aromatic N) is 6. The van der Waals surface area contributed by atoms with E-state index in [1.807, 2.05) is 4.68 Å². The highest BCUT2D eigenvalue weighted by Gasteiger charge is 2.36. The van der Waals surface area contributed by atoms with Gasteiger partial charge in [-0.2, -0.15) is 0 Å². The van der Waals surface area contributed by atoms with Crippen LogP contribution in [-0.2, 0) is 5.54 Å². The first-order valence-corrected chi connectivity index (χ1v) is 13.7. The predicted molar refractivity (Wildman–Crippen MR) is 143 cm³/mol. The summed E-state index contributed by atoms with van der Waals surface area (Å²) >= 11 is 0. The Morgan fingerprint density at radius 2 is 1.78 bits per heavy atom. The highest BCUT2D eigenvalue weighted by Crippen LogP contribution is 2.32. The molecule has 194 valence electrons. The van der Waals surface area contributed by atoms with Crippen molar-refractivity contribution in [2.45, 2.75) is 90.8 Å². The maximum Gasteiger partial charge on any atom is 0.253 e. The van der Waals surface area contributed by atoms with Gasteiger partial charge in [0, 0.05) is 37.8 Å². The summed E-state index contributed by atoms with van der Waals surface area (Å²) in [5.74, 6) is 0.752. The van der Waals surface area contributed by atoms with Crippen molar-refractivity contribution in [3.05, 3.63) is 51.1 Å². The topological polar surface area (TPSA) is 82.9 Å². The number of aromatic amines is 1. The van der Waals surface area contributed by atoms with Gasteiger partial charge in [-0.1, -0.05) is 37.8 Å². The van der Waals surface area contributed by atoms with E-state index in [1.54, 1.807) is 0 Å². The Labute approximate surface area is 214 Å². The molecule has 1 aliphatic carbocycles. The van der Waals surface area contributed by atoms with Gasteiger partial charge in [-0.3, -0.25) is 14.6 Å². The average Bonchev–Trinajstić information content (AvgIpc) is 3.36. The number of hydrogen-bond acceptors (Lipinski definition) is 6. The van der Waals surface area contributed by atoms with Crippen LogP contribution in [0.5, 0.6) is 0 Å². The van der Waals surface area contributed by atoms with Crippen molar-refractivity contribution >= 4 is 10.9 Å². The minimum atomic E-state index is -0.298. The molecule has 1 saturated carbocycles. The van der Waals surface area contributed by atoms with Crippen molar-refractivity contribution in [2.24, 2.45) is 0 Å². The number of tetrazole rings is 1. The zero-order valence-electron chi connectivity index (χ0n) is 22.5. The van der Waals surface area contributed by atoms with Crippen LogP contribution in [0.25, 0.3) is 10.9 Å². The van der Waals surface area contributed by atoms with Crippen molar-refractivity contribution in [1.82, 2.24) is 35.0 Å². The van der Waals surface area contributed by atoms with Gasteiger partial charge in [0.1, 0.15) is 6.04 Å². The van der Waals surface area contributed by atoms with E-state index < -0.39 is 0 Å². The zero-order valence-corrected chi connectivity index (χ0v) is 22.5. The molecule has 36 heavy (non-hydrogen) atoms. The van der Waals surface area contributed by atoms with Crippen LogP contribution in [0.15, 0.2) is 23.0 Å². The number of aryl methyl sites for hydroxylation is 2. The summed E-state index contributed by atoms with van der Waals surface area (Å²) < 4.78 is 1.94. The molecule has 1 aromatic carbocycles. The Bertz CT molecular complexity index is 1260. The first kappa shape index (κ1) is 25.1. The standard InChI is InChI=1S/C28H41N7O/c1-6-28(4,5)35-26(30-31-32-35)25(34-14-12-33(13-15-34)22-10-8-7-9-11-22)23-18-21-17-19(2)16-20(3)24(21)29-27(23)36/h16-18,22,25H,6-15H2,1-5H3,(H,29,36). The van der Waals surface area contributed by atoms with Gasteiger partial charge in [0.2, 0.25) is 0 Å². The van der Waals surface area contributed by atoms with E-state index in [0.717, 1.165) is 60.5 Å². The smallest absolute Gasteiger partial charge is 0.253 e. The van der Waals surface area contributed by atoms with Gasteiger partial charge < -0.3 is 4.98 Å². The number of fused-ring (bicyclic) bond motifs is 1. The van der Waals surface area contributed by atoms with Gasteiger partial charge in [-0.05, 0) is 80.5 Å². The molecular weight excluding hydrogens is 450 g/mol. The summed E-state index contributed by atoms with van der Waals surface area (Å²) in [6, 6.07) is 6.75. The lowest BCUT2D eigenvalue weighted by atomic mass is 9.93. The second-order valence-electron chi connectivity index (χ2n) is 11.5. The number of nitrogens with one attached hydrogen (secondary N) is 1. The van der Waals surface area contributed by atoms with Gasteiger partial charge in [0.15, 0.2) is 5.82 Å². The van der Waals surface area contributed by atoms with Gasteiger partial charge in [0.05, 0.1) is 11.1 Å². The summed E-state index contributed by atoms with van der Waals surface area (Å²) in [4.78, 5) is 21.9. The molecule has 5 rings (SSSR count). The van der Waals surface area contributed by atoms with Gasteiger partial charge in [-0.25, -0.2) is 4.68 Å². The van der Waals surface area contributed by atoms with E-state index in [-0.39, 0.29) is 17.1 Å². The number of benzene rings is 1. The summed E-state index contributed by atoms with van der Waals surface area (Å²) in [6.07, 6.45) is 7.59. The third-order valence-corrected chi connectivity index (χ3v) is 8.60. The molecule has 0 bridgehead atoms. The minimum absolute atomic E-state index is 0.0574. The molecule has 3 heterocycles. The lowest BCUT2D eigenvalue weighted by Gasteiger charge is -2.43. The first-order chi connectivity index (χ1) is 17.3. The van der Waals surface area contributed by atoms with E-state index in [2.05, 4.69) is 83.1 Å². The van der Waals surface area contributed by atoms with E-state index >= 15 is 0 Å². The Kier molecular flexibility index (Phi) is 7.01. The fraction of sp³-hybridized carbons (Fsp3) is 0.643. The Morgan fingerprint density at radius 3 is 2.47 bits per heavy atom. The van der Waals surface area contributed by atoms with Crippen LogP contribution in [0.2, 0.25) is 0 Å². The highest BCUT2D eigenvalue weighted by atomic mass is 16.1. The lowest BCUT2D eigenvalue weighted by molar-refractivity contribution is 0.0603. The molecule has 2 aromatic heterocycles. The van der Waals surface area contributed by atoms with Crippen LogP contribution >= 0.6 is 0 Å².